The normalized spacial score (nSPS) is 10.5. The number of carbonyl (C=O) groups excluding carboxylic acids is 1. The SMILES string of the molecule is Cc1ccc(Nc2cc(NC(=O)c3c(Cl)cccc3Cl)ccn2)[nH]1. The van der Waals surface area contributed by atoms with Crippen LogP contribution in [0.25, 0.3) is 0 Å². The molecule has 3 rings (SSSR count). The van der Waals surface area contributed by atoms with Crippen molar-refractivity contribution in [1.29, 1.82) is 0 Å². The number of hydrogen-bond acceptors (Lipinski definition) is 3. The lowest BCUT2D eigenvalue weighted by Crippen LogP contribution is -2.13. The largest absolute Gasteiger partial charge is 0.346 e. The number of aromatic amines is 1. The fourth-order valence-corrected chi connectivity index (χ4v) is 2.77. The Kier molecular flexibility index (Phi) is 4.74. The third kappa shape index (κ3) is 3.69. The van der Waals surface area contributed by atoms with E-state index in [4.69, 9.17) is 23.2 Å². The Hall–Kier alpha value is -2.50. The molecule has 7 heteroatoms. The zero-order valence-corrected chi connectivity index (χ0v) is 14.2. The number of benzene rings is 1. The van der Waals surface area contributed by atoms with Gasteiger partial charge in [-0.05, 0) is 37.3 Å². The zero-order chi connectivity index (χ0) is 17.1. The summed E-state index contributed by atoms with van der Waals surface area (Å²) in [5, 5.41) is 6.50. The first-order chi connectivity index (χ1) is 11.5. The molecule has 0 atom stereocenters. The van der Waals surface area contributed by atoms with Crippen molar-refractivity contribution in [3.8, 4) is 0 Å². The van der Waals surface area contributed by atoms with Crippen molar-refractivity contribution in [1.82, 2.24) is 9.97 Å². The zero-order valence-electron chi connectivity index (χ0n) is 12.7. The molecule has 0 unspecified atom stereocenters. The van der Waals surface area contributed by atoms with Crippen LogP contribution in [-0.2, 0) is 0 Å². The van der Waals surface area contributed by atoms with E-state index in [0.29, 0.717) is 21.6 Å². The van der Waals surface area contributed by atoms with Crippen LogP contribution in [0.3, 0.4) is 0 Å². The first-order valence-electron chi connectivity index (χ1n) is 7.17. The standard InChI is InChI=1S/C17H14Cl2N4O/c1-10-5-6-14(21-10)23-15-9-11(7-8-20-15)22-17(24)16-12(18)3-2-4-13(16)19/h2-9,21H,1H3,(H2,20,22,23,24). The summed E-state index contributed by atoms with van der Waals surface area (Å²) in [5.74, 6) is 1.04. The van der Waals surface area contributed by atoms with Crippen LogP contribution in [0.2, 0.25) is 10.0 Å². The lowest BCUT2D eigenvalue weighted by Gasteiger charge is -2.10. The molecule has 0 aliphatic carbocycles. The van der Waals surface area contributed by atoms with Crippen LogP contribution in [-0.4, -0.2) is 15.9 Å². The molecule has 0 bridgehead atoms. The third-order valence-electron chi connectivity index (χ3n) is 3.30. The third-order valence-corrected chi connectivity index (χ3v) is 3.93. The molecular formula is C17H14Cl2N4O. The molecule has 0 radical (unpaired) electrons. The first kappa shape index (κ1) is 16.4. The minimum absolute atomic E-state index is 0.243. The highest BCUT2D eigenvalue weighted by Crippen LogP contribution is 2.25. The summed E-state index contributed by atoms with van der Waals surface area (Å²) in [6, 6.07) is 12.2. The number of rotatable bonds is 4. The highest BCUT2D eigenvalue weighted by atomic mass is 35.5. The van der Waals surface area contributed by atoms with Gasteiger partial charge in [0.05, 0.1) is 15.6 Å². The van der Waals surface area contributed by atoms with Crippen LogP contribution in [0.15, 0.2) is 48.7 Å². The van der Waals surface area contributed by atoms with Gasteiger partial charge in [-0.25, -0.2) is 4.98 Å². The quantitative estimate of drug-likeness (QED) is 0.611. The van der Waals surface area contributed by atoms with E-state index in [0.717, 1.165) is 11.5 Å². The van der Waals surface area contributed by atoms with Crippen molar-refractivity contribution >= 4 is 46.4 Å². The van der Waals surface area contributed by atoms with Crippen molar-refractivity contribution in [3.63, 3.8) is 0 Å². The number of pyridine rings is 1. The maximum Gasteiger partial charge on any atom is 0.258 e. The first-order valence-corrected chi connectivity index (χ1v) is 7.92. The van der Waals surface area contributed by atoms with Gasteiger partial charge in [0.2, 0.25) is 0 Å². The number of nitrogens with one attached hydrogen (secondary N) is 3. The van der Waals surface area contributed by atoms with Gasteiger partial charge in [0.1, 0.15) is 11.6 Å². The lowest BCUT2D eigenvalue weighted by molar-refractivity contribution is 0.102. The van der Waals surface area contributed by atoms with E-state index in [1.807, 2.05) is 19.1 Å². The van der Waals surface area contributed by atoms with Crippen LogP contribution in [0, 0.1) is 6.92 Å². The van der Waals surface area contributed by atoms with E-state index in [9.17, 15) is 4.79 Å². The number of H-pyrrole nitrogens is 1. The molecule has 0 spiro atoms. The molecule has 2 heterocycles. The predicted molar refractivity (Wildman–Crippen MR) is 97.5 cm³/mol. The van der Waals surface area contributed by atoms with Gasteiger partial charge in [0, 0.05) is 23.6 Å². The van der Waals surface area contributed by atoms with Gasteiger partial charge < -0.3 is 15.6 Å². The second-order valence-electron chi connectivity index (χ2n) is 5.16. The van der Waals surface area contributed by atoms with Crippen molar-refractivity contribution in [2.24, 2.45) is 0 Å². The maximum atomic E-state index is 12.4. The molecule has 24 heavy (non-hydrogen) atoms. The number of anilines is 3. The van der Waals surface area contributed by atoms with E-state index in [1.54, 1.807) is 36.5 Å². The lowest BCUT2D eigenvalue weighted by atomic mass is 10.2. The van der Waals surface area contributed by atoms with Crippen molar-refractivity contribution in [2.45, 2.75) is 6.92 Å². The van der Waals surface area contributed by atoms with E-state index in [-0.39, 0.29) is 11.5 Å². The fraction of sp³-hybridized carbons (Fsp3) is 0.0588. The second kappa shape index (κ2) is 6.95. The number of halogens is 2. The molecule has 5 nitrogen and oxygen atoms in total. The highest BCUT2D eigenvalue weighted by molar-refractivity contribution is 6.40. The summed E-state index contributed by atoms with van der Waals surface area (Å²) in [6.45, 7) is 1.96. The molecule has 122 valence electrons. The monoisotopic (exact) mass is 360 g/mol. The molecule has 0 saturated carbocycles. The number of amides is 1. The van der Waals surface area contributed by atoms with Gasteiger partial charge in [-0.2, -0.15) is 0 Å². The molecule has 3 N–H and O–H groups in total. The Balaban J connectivity index is 1.78. The van der Waals surface area contributed by atoms with Crippen LogP contribution < -0.4 is 10.6 Å². The van der Waals surface area contributed by atoms with E-state index >= 15 is 0 Å². The van der Waals surface area contributed by atoms with Gasteiger partial charge in [-0.1, -0.05) is 29.3 Å². The Morgan fingerprint density at radius 2 is 1.88 bits per heavy atom. The minimum Gasteiger partial charge on any atom is -0.346 e. The molecule has 1 aromatic carbocycles. The van der Waals surface area contributed by atoms with Crippen LogP contribution in [0.1, 0.15) is 16.1 Å². The van der Waals surface area contributed by atoms with Crippen molar-refractivity contribution < 1.29 is 4.79 Å². The maximum absolute atomic E-state index is 12.4. The van der Waals surface area contributed by atoms with Gasteiger partial charge in [0.15, 0.2) is 0 Å². The van der Waals surface area contributed by atoms with Crippen molar-refractivity contribution in [3.05, 3.63) is 70.0 Å². The predicted octanol–water partition coefficient (Wildman–Crippen LogP) is 5.02. The summed E-state index contributed by atoms with van der Waals surface area (Å²) < 4.78 is 0. The fourth-order valence-electron chi connectivity index (χ4n) is 2.20. The molecule has 0 fully saturated rings. The average Bonchev–Trinajstić information content (AvgIpc) is 2.92. The topological polar surface area (TPSA) is 69.8 Å². The van der Waals surface area contributed by atoms with Gasteiger partial charge in [-0.15, -0.1) is 0 Å². The molecule has 2 aromatic heterocycles. The Morgan fingerprint density at radius 3 is 2.54 bits per heavy atom. The van der Waals surface area contributed by atoms with Crippen LogP contribution >= 0.6 is 23.2 Å². The van der Waals surface area contributed by atoms with E-state index < -0.39 is 0 Å². The smallest absolute Gasteiger partial charge is 0.258 e. The molecule has 0 saturated heterocycles. The highest BCUT2D eigenvalue weighted by Gasteiger charge is 2.14. The summed E-state index contributed by atoms with van der Waals surface area (Å²) in [4.78, 5) is 19.8. The van der Waals surface area contributed by atoms with E-state index in [2.05, 4.69) is 20.6 Å². The summed E-state index contributed by atoms with van der Waals surface area (Å²) >= 11 is 12.1. The Morgan fingerprint density at radius 1 is 1.12 bits per heavy atom. The van der Waals surface area contributed by atoms with Gasteiger partial charge in [0.25, 0.3) is 5.91 Å². The second-order valence-corrected chi connectivity index (χ2v) is 5.97. The van der Waals surface area contributed by atoms with Gasteiger partial charge in [-0.3, -0.25) is 4.79 Å². The minimum atomic E-state index is -0.376. The van der Waals surface area contributed by atoms with E-state index in [1.165, 1.54) is 0 Å². The number of carbonyl (C=O) groups is 1. The number of aryl methyl sites for hydroxylation is 1. The number of hydrogen-bond donors (Lipinski definition) is 3. The van der Waals surface area contributed by atoms with Crippen molar-refractivity contribution in [2.75, 3.05) is 10.6 Å². The molecule has 1 amide bonds. The number of aromatic nitrogens is 2. The molecule has 0 aliphatic heterocycles. The van der Waals surface area contributed by atoms with Gasteiger partial charge >= 0.3 is 0 Å². The molecular weight excluding hydrogens is 347 g/mol. The summed E-state index contributed by atoms with van der Waals surface area (Å²) in [5.41, 5.74) is 1.86. The summed E-state index contributed by atoms with van der Waals surface area (Å²) in [7, 11) is 0. The summed E-state index contributed by atoms with van der Waals surface area (Å²) in [6.07, 6.45) is 1.60. The number of nitrogens with zero attached hydrogens (tertiary/aromatic N) is 1. The van der Waals surface area contributed by atoms with Crippen LogP contribution in [0.4, 0.5) is 17.3 Å². The molecule has 0 aliphatic rings. The Labute approximate surface area is 149 Å². The average molecular weight is 361 g/mol. The Bertz CT molecular complexity index is 872. The molecule has 3 aromatic rings. The van der Waals surface area contributed by atoms with Crippen LogP contribution in [0.5, 0.6) is 0 Å².